The van der Waals surface area contributed by atoms with Crippen LogP contribution in [0.1, 0.15) is 32.6 Å². The lowest BCUT2D eigenvalue weighted by Gasteiger charge is -2.33. The third-order valence-electron chi connectivity index (χ3n) is 4.01. The van der Waals surface area contributed by atoms with E-state index in [1.54, 1.807) is 4.90 Å². The Bertz CT molecular complexity index is 408. The van der Waals surface area contributed by atoms with Crippen LogP contribution in [-0.2, 0) is 9.59 Å². The summed E-state index contributed by atoms with van der Waals surface area (Å²) in [7, 11) is 0. The molecule has 23 heavy (non-hydrogen) atoms. The third-order valence-corrected chi connectivity index (χ3v) is 4.01. The average Bonchev–Trinajstić information content (AvgIpc) is 2.50. The number of ketones is 1. The van der Waals surface area contributed by atoms with Crippen LogP contribution in [0.25, 0.3) is 0 Å². The molecule has 8 heteroatoms. The van der Waals surface area contributed by atoms with E-state index in [2.05, 4.69) is 5.32 Å². The lowest BCUT2D eigenvalue weighted by molar-refractivity contribution is -0.138. The van der Waals surface area contributed by atoms with E-state index in [-0.39, 0.29) is 24.4 Å². The number of urea groups is 1. The predicted octanol–water partition coefficient (Wildman–Crippen LogP) is -0.125. The summed E-state index contributed by atoms with van der Waals surface area (Å²) < 4.78 is 0. The number of aliphatic carboxylic acids is 1. The molecule has 1 fully saturated rings. The Morgan fingerprint density at radius 1 is 1.13 bits per heavy atom. The summed E-state index contributed by atoms with van der Waals surface area (Å²) in [4.78, 5) is 37.1. The number of carbonyl (C=O) groups excluding carboxylic acids is 2. The van der Waals surface area contributed by atoms with Gasteiger partial charge in [0, 0.05) is 32.7 Å². The molecule has 0 aromatic rings. The summed E-state index contributed by atoms with van der Waals surface area (Å²) in [6.45, 7) is 4.40. The highest BCUT2D eigenvalue weighted by molar-refractivity contribution is 5.81. The minimum absolute atomic E-state index is 0.0142. The van der Waals surface area contributed by atoms with Gasteiger partial charge in [-0.05, 0) is 19.8 Å². The maximum Gasteiger partial charge on any atom is 0.317 e. The summed E-state index contributed by atoms with van der Waals surface area (Å²) in [5.74, 6) is -0.826. The Morgan fingerprint density at radius 3 is 2.35 bits per heavy atom. The minimum Gasteiger partial charge on any atom is -0.480 e. The number of nitrogens with one attached hydrogen (secondary N) is 1. The Kier molecular flexibility index (Phi) is 8.57. The topological polar surface area (TPSA) is 116 Å². The van der Waals surface area contributed by atoms with Gasteiger partial charge >= 0.3 is 12.0 Å². The van der Waals surface area contributed by atoms with Gasteiger partial charge in [-0.2, -0.15) is 0 Å². The number of rotatable bonds is 9. The predicted molar refractivity (Wildman–Crippen MR) is 86.2 cm³/mol. The van der Waals surface area contributed by atoms with Crippen LogP contribution in [0.5, 0.6) is 0 Å². The van der Waals surface area contributed by atoms with Gasteiger partial charge in [0.1, 0.15) is 5.78 Å². The molecule has 0 saturated carbocycles. The van der Waals surface area contributed by atoms with Gasteiger partial charge in [-0.3, -0.25) is 14.5 Å². The quantitative estimate of drug-likeness (QED) is 0.508. The molecule has 0 bridgehead atoms. The Morgan fingerprint density at radius 2 is 1.78 bits per heavy atom. The van der Waals surface area contributed by atoms with E-state index in [9.17, 15) is 14.4 Å². The lowest BCUT2D eigenvalue weighted by Crippen LogP contribution is -2.52. The maximum atomic E-state index is 12.0. The number of unbranched alkanes of at least 4 members (excludes halogenated alkanes) is 2. The van der Waals surface area contributed by atoms with Gasteiger partial charge in [0.05, 0.1) is 12.6 Å². The highest BCUT2D eigenvalue weighted by Crippen LogP contribution is 2.04. The van der Waals surface area contributed by atoms with Crippen molar-refractivity contribution in [3.05, 3.63) is 0 Å². The molecular weight excluding hydrogens is 300 g/mol. The monoisotopic (exact) mass is 328 g/mol. The standard InChI is InChI=1S/C15H28N4O4/c1-12(20)13(16)5-3-2-4-6-17-15(23)19-9-7-18(8-10-19)11-14(21)22/h13H,2-11,16H2,1H3,(H,17,23)(H,21,22)/t13-/m0/s1. The minimum atomic E-state index is -0.840. The van der Waals surface area contributed by atoms with Crippen molar-refractivity contribution in [2.75, 3.05) is 39.3 Å². The summed E-state index contributed by atoms with van der Waals surface area (Å²) >= 11 is 0. The fourth-order valence-electron chi connectivity index (χ4n) is 2.48. The number of hydrogen-bond acceptors (Lipinski definition) is 5. The zero-order valence-corrected chi connectivity index (χ0v) is 13.8. The van der Waals surface area contributed by atoms with Crippen LogP contribution in [0.3, 0.4) is 0 Å². The molecule has 4 N–H and O–H groups in total. The van der Waals surface area contributed by atoms with Crippen molar-refractivity contribution in [2.24, 2.45) is 5.73 Å². The number of nitrogens with two attached hydrogens (primary N) is 1. The molecule has 1 atom stereocenters. The van der Waals surface area contributed by atoms with Crippen molar-refractivity contribution in [1.82, 2.24) is 15.1 Å². The molecular formula is C15H28N4O4. The van der Waals surface area contributed by atoms with Crippen LogP contribution in [0, 0.1) is 0 Å². The van der Waals surface area contributed by atoms with Gasteiger partial charge in [-0.25, -0.2) is 4.79 Å². The van der Waals surface area contributed by atoms with Crippen LogP contribution in [-0.4, -0.2) is 78.0 Å². The highest BCUT2D eigenvalue weighted by atomic mass is 16.4. The fourth-order valence-corrected chi connectivity index (χ4v) is 2.48. The second kappa shape index (κ2) is 10.2. The van der Waals surface area contributed by atoms with Gasteiger partial charge in [0.2, 0.25) is 0 Å². The molecule has 0 spiro atoms. The second-order valence-electron chi connectivity index (χ2n) is 5.96. The Balaban J connectivity index is 2.07. The molecule has 132 valence electrons. The van der Waals surface area contributed by atoms with Gasteiger partial charge in [-0.15, -0.1) is 0 Å². The molecule has 2 amide bonds. The van der Waals surface area contributed by atoms with E-state index in [0.717, 1.165) is 19.3 Å². The zero-order valence-electron chi connectivity index (χ0n) is 13.8. The first kappa shape index (κ1) is 19.4. The van der Waals surface area contributed by atoms with Crippen LogP contribution in [0.15, 0.2) is 0 Å². The summed E-state index contributed by atoms with van der Waals surface area (Å²) in [5.41, 5.74) is 5.65. The number of Topliss-reactive ketones (excluding diaryl/α,β-unsaturated/α-hetero) is 1. The SMILES string of the molecule is CC(=O)[C@@H](N)CCCCCNC(=O)N1CCN(CC(=O)O)CC1. The Hall–Kier alpha value is -1.67. The smallest absolute Gasteiger partial charge is 0.317 e. The molecule has 0 radical (unpaired) electrons. The molecule has 8 nitrogen and oxygen atoms in total. The summed E-state index contributed by atoms with van der Waals surface area (Å²) in [6.07, 6.45) is 3.35. The summed E-state index contributed by atoms with van der Waals surface area (Å²) in [6, 6.07) is -0.466. The van der Waals surface area contributed by atoms with E-state index in [0.29, 0.717) is 39.1 Å². The van der Waals surface area contributed by atoms with Crippen molar-refractivity contribution >= 4 is 17.8 Å². The maximum absolute atomic E-state index is 12.0. The number of hydrogen-bond donors (Lipinski definition) is 3. The van der Waals surface area contributed by atoms with Crippen molar-refractivity contribution in [3.63, 3.8) is 0 Å². The molecule has 1 rings (SSSR count). The second-order valence-corrected chi connectivity index (χ2v) is 5.96. The molecule has 0 unspecified atom stereocenters. The van der Waals surface area contributed by atoms with Crippen LogP contribution < -0.4 is 11.1 Å². The first-order valence-electron chi connectivity index (χ1n) is 8.13. The van der Waals surface area contributed by atoms with Crippen LogP contribution in [0.2, 0.25) is 0 Å². The van der Waals surface area contributed by atoms with E-state index in [1.807, 2.05) is 4.90 Å². The van der Waals surface area contributed by atoms with E-state index in [1.165, 1.54) is 6.92 Å². The first-order valence-corrected chi connectivity index (χ1v) is 8.13. The first-order chi connectivity index (χ1) is 10.9. The zero-order chi connectivity index (χ0) is 17.2. The van der Waals surface area contributed by atoms with Gasteiger partial charge in [0.15, 0.2) is 0 Å². The average molecular weight is 328 g/mol. The van der Waals surface area contributed by atoms with E-state index >= 15 is 0 Å². The third kappa shape index (κ3) is 7.94. The van der Waals surface area contributed by atoms with Gasteiger partial charge in [-0.1, -0.05) is 12.8 Å². The van der Waals surface area contributed by atoms with E-state index in [4.69, 9.17) is 10.8 Å². The molecule has 1 heterocycles. The van der Waals surface area contributed by atoms with Crippen molar-refractivity contribution in [3.8, 4) is 0 Å². The lowest BCUT2D eigenvalue weighted by atomic mass is 10.1. The van der Waals surface area contributed by atoms with Gasteiger partial charge in [0.25, 0.3) is 0 Å². The highest BCUT2D eigenvalue weighted by Gasteiger charge is 2.21. The van der Waals surface area contributed by atoms with Crippen molar-refractivity contribution in [1.29, 1.82) is 0 Å². The van der Waals surface area contributed by atoms with Gasteiger partial charge < -0.3 is 21.1 Å². The fraction of sp³-hybridized carbons (Fsp3) is 0.800. The number of nitrogens with zero attached hydrogens (tertiary/aromatic N) is 2. The molecule has 0 aromatic heterocycles. The largest absolute Gasteiger partial charge is 0.480 e. The number of carbonyl (C=O) groups is 3. The number of carboxylic acids is 1. The van der Waals surface area contributed by atoms with Crippen LogP contribution in [0.4, 0.5) is 4.79 Å². The number of piperazine rings is 1. The van der Waals surface area contributed by atoms with Crippen LogP contribution >= 0.6 is 0 Å². The molecule has 1 aliphatic heterocycles. The molecule has 0 aromatic carbocycles. The summed E-state index contributed by atoms with van der Waals surface area (Å²) in [5, 5.41) is 11.6. The molecule has 0 aliphatic carbocycles. The van der Waals surface area contributed by atoms with E-state index < -0.39 is 5.97 Å². The normalized spacial score (nSPS) is 16.9. The number of carboxylic acid groups (broad SMARTS) is 1. The molecule has 1 saturated heterocycles. The van der Waals surface area contributed by atoms with Crippen molar-refractivity contribution in [2.45, 2.75) is 38.6 Å². The number of amides is 2. The Labute approximate surface area is 137 Å². The molecule has 1 aliphatic rings. The van der Waals surface area contributed by atoms with Crippen molar-refractivity contribution < 1.29 is 19.5 Å².